The molecule has 0 saturated carbocycles. The predicted molar refractivity (Wildman–Crippen MR) is 175 cm³/mol. The van der Waals surface area contributed by atoms with Gasteiger partial charge in [-0.2, -0.15) is 0 Å². The quantitative estimate of drug-likeness (QED) is 0.223. The first-order chi connectivity index (χ1) is 23.4. The average molecular weight is 696 g/mol. The fourth-order valence-corrected chi connectivity index (χ4v) is 6.64. The standard InChI is InChI=1S/C36H33ClF3N3O6/c37-25-9-7-22(8-10-25)18-29(41-34(46)32-20-30(44)28-19-26(49-36(38,39)40)11-12-31(28)48-32)35(47)42-16-13-23(14-17-42)27-5-2-1-4-24(27)21-43-15-3-6-33(43)45/h1-2,4-5,7-12,19-20,23,29H,3,6,13-18,21H2,(H,41,46)/t29-/m0/s1. The summed E-state index contributed by atoms with van der Waals surface area (Å²) >= 11 is 6.06. The van der Waals surface area contributed by atoms with Crippen molar-refractivity contribution in [3.8, 4) is 5.75 Å². The van der Waals surface area contributed by atoms with E-state index in [0.29, 0.717) is 43.9 Å². The summed E-state index contributed by atoms with van der Waals surface area (Å²) in [5, 5.41) is 3.02. The first kappa shape index (κ1) is 34.0. The number of fused-ring (bicyclic) bond motifs is 1. The Morgan fingerprint density at radius 1 is 0.980 bits per heavy atom. The third-order valence-corrected chi connectivity index (χ3v) is 9.20. The molecule has 2 aliphatic heterocycles. The highest BCUT2D eigenvalue weighted by Crippen LogP contribution is 2.32. The number of carbonyl (C=O) groups excluding carboxylic acids is 3. The van der Waals surface area contributed by atoms with Crippen molar-refractivity contribution < 1.29 is 36.7 Å². The number of hydrogen-bond donors (Lipinski definition) is 1. The maximum atomic E-state index is 14.0. The van der Waals surface area contributed by atoms with Gasteiger partial charge in [-0.15, -0.1) is 13.2 Å². The second kappa shape index (κ2) is 14.3. The number of amides is 3. The number of piperidine rings is 1. The van der Waals surface area contributed by atoms with Crippen LogP contribution >= 0.6 is 11.6 Å². The Morgan fingerprint density at radius 3 is 2.41 bits per heavy atom. The average Bonchev–Trinajstić information content (AvgIpc) is 3.48. The number of hydrogen-bond acceptors (Lipinski definition) is 6. The highest BCUT2D eigenvalue weighted by molar-refractivity contribution is 6.30. The van der Waals surface area contributed by atoms with Crippen molar-refractivity contribution in [2.24, 2.45) is 0 Å². The maximum Gasteiger partial charge on any atom is 0.573 e. The number of nitrogens with zero attached hydrogens (tertiary/aromatic N) is 2. The van der Waals surface area contributed by atoms with Crippen LogP contribution in [0.5, 0.6) is 5.75 Å². The first-order valence-corrected chi connectivity index (χ1v) is 16.3. The van der Waals surface area contributed by atoms with E-state index in [0.717, 1.165) is 48.4 Å². The Morgan fingerprint density at radius 2 is 1.71 bits per heavy atom. The fourth-order valence-electron chi connectivity index (χ4n) is 6.51. The van der Waals surface area contributed by atoms with Gasteiger partial charge in [0.1, 0.15) is 17.4 Å². The van der Waals surface area contributed by atoms with Crippen LogP contribution < -0.4 is 15.5 Å². The molecule has 1 aromatic heterocycles. The molecule has 3 heterocycles. The van der Waals surface area contributed by atoms with Crippen LogP contribution in [0.4, 0.5) is 13.2 Å². The van der Waals surface area contributed by atoms with Crippen LogP contribution in [0.1, 0.15) is 58.8 Å². The minimum Gasteiger partial charge on any atom is -0.451 e. The zero-order chi connectivity index (χ0) is 34.7. The molecule has 0 spiro atoms. The van der Waals surface area contributed by atoms with Gasteiger partial charge in [-0.05, 0) is 72.2 Å². The molecule has 6 rings (SSSR count). The third kappa shape index (κ3) is 8.25. The molecular weight excluding hydrogens is 663 g/mol. The van der Waals surface area contributed by atoms with Gasteiger partial charge in [0.2, 0.25) is 11.8 Å². The molecule has 2 aliphatic rings. The minimum absolute atomic E-state index is 0.121. The summed E-state index contributed by atoms with van der Waals surface area (Å²) < 4.78 is 47.5. The highest BCUT2D eigenvalue weighted by atomic mass is 35.5. The Kier molecular flexibility index (Phi) is 9.96. The lowest BCUT2D eigenvalue weighted by atomic mass is 9.86. The molecule has 2 fully saturated rings. The largest absolute Gasteiger partial charge is 0.573 e. The summed E-state index contributed by atoms with van der Waals surface area (Å²) in [6.45, 7) is 2.21. The second-order valence-corrected chi connectivity index (χ2v) is 12.7. The van der Waals surface area contributed by atoms with Gasteiger partial charge < -0.3 is 24.3 Å². The van der Waals surface area contributed by atoms with Gasteiger partial charge in [0.05, 0.1) is 5.39 Å². The molecule has 49 heavy (non-hydrogen) atoms. The maximum absolute atomic E-state index is 14.0. The highest BCUT2D eigenvalue weighted by Gasteiger charge is 2.33. The third-order valence-electron chi connectivity index (χ3n) is 8.95. The van der Waals surface area contributed by atoms with Crippen molar-refractivity contribution in [2.75, 3.05) is 19.6 Å². The van der Waals surface area contributed by atoms with E-state index in [1.807, 2.05) is 17.0 Å². The molecule has 0 unspecified atom stereocenters. The van der Waals surface area contributed by atoms with Crippen molar-refractivity contribution in [3.05, 3.63) is 110 Å². The summed E-state index contributed by atoms with van der Waals surface area (Å²) in [7, 11) is 0. The summed E-state index contributed by atoms with van der Waals surface area (Å²) in [6.07, 6.45) is -2.00. The summed E-state index contributed by atoms with van der Waals surface area (Å²) in [5.74, 6) is -1.79. The molecule has 1 N–H and O–H groups in total. The Labute approximate surface area is 284 Å². The molecule has 9 nitrogen and oxygen atoms in total. The van der Waals surface area contributed by atoms with E-state index in [4.69, 9.17) is 16.0 Å². The lowest BCUT2D eigenvalue weighted by Gasteiger charge is -2.35. The van der Waals surface area contributed by atoms with Crippen LogP contribution in [0, 0.1) is 0 Å². The second-order valence-electron chi connectivity index (χ2n) is 12.3. The van der Waals surface area contributed by atoms with Crippen molar-refractivity contribution in [2.45, 2.75) is 57.0 Å². The Bertz CT molecular complexity index is 1920. The van der Waals surface area contributed by atoms with E-state index in [-0.39, 0.29) is 35.1 Å². The van der Waals surface area contributed by atoms with E-state index in [2.05, 4.69) is 22.2 Å². The van der Waals surface area contributed by atoms with E-state index in [1.54, 1.807) is 29.2 Å². The van der Waals surface area contributed by atoms with Gasteiger partial charge in [-0.1, -0.05) is 48.0 Å². The van der Waals surface area contributed by atoms with Gasteiger partial charge in [0, 0.05) is 50.1 Å². The van der Waals surface area contributed by atoms with Crippen molar-refractivity contribution in [1.29, 1.82) is 0 Å². The van der Waals surface area contributed by atoms with Crippen molar-refractivity contribution in [1.82, 2.24) is 15.1 Å². The van der Waals surface area contributed by atoms with Gasteiger partial charge in [0.25, 0.3) is 5.91 Å². The van der Waals surface area contributed by atoms with Gasteiger partial charge >= 0.3 is 6.36 Å². The summed E-state index contributed by atoms with van der Waals surface area (Å²) in [4.78, 5) is 56.1. The van der Waals surface area contributed by atoms with Crippen LogP contribution in [0.25, 0.3) is 11.0 Å². The predicted octanol–water partition coefficient (Wildman–Crippen LogP) is 6.21. The fraction of sp³-hybridized carbons (Fsp3) is 0.333. The minimum atomic E-state index is -4.95. The van der Waals surface area contributed by atoms with Crippen LogP contribution in [-0.4, -0.2) is 59.6 Å². The topological polar surface area (TPSA) is 109 Å². The molecule has 256 valence electrons. The molecule has 3 amide bonds. The molecule has 0 bridgehead atoms. The normalized spacial score (nSPS) is 16.2. The number of halogens is 4. The van der Waals surface area contributed by atoms with Gasteiger partial charge in [-0.25, -0.2) is 0 Å². The van der Waals surface area contributed by atoms with Crippen LogP contribution in [0.3, 0.4) is 0 Å². The molecule has 13 heteroatoms. The number of likely N-dealkylation sites (tertiary alicyclic amines) is 2. The smallest absolute Gasteiger partial charge is 0.451 e. The number of ether oxygens (including phenoxy) is 1. The zero-order valence-electron chi connectivity index (χ0n) is 26.3. The zero-order valence-corrected chi connectivity index (χ0v) is 27.1. The lowest BCUT2D eigenvalue weighted by molar-refractivity contribution is -0.274. The van der Waals surface area contributed by atoms with Crippen LogP contribution in [-0.2, 0) is 22.6 Å². The van der Waals surface area contributed by atoms with Crippen molar-refractivity contribution in [3.63, 3.8) is 0 Å². The van der Waals surface area contributed by atoms with E-state index in [1.165, 1.54) is 5.56 Å². The summed E-state index contributed by atoms with van der Waals surface area (Å²) in [5.41, 5.74) is 2.14. The van der Waals surface area contributed by atoms with Crippen LogP contribution in [0.2, 0.25) is 5.02 Å². The van der Waals surface area contributed by atoms with Crippen LogP contribution in [0.15, 0.2) is 82.0 Å². The molecule has 0 aliphatic carbocycles. The number of alkyl halides is 3. The number of rotatable bonds is 9. The van der Waals surface area contributed by atoms with E-state index in [9.17, 15) is 32.3 Å². The molecular formula is C36H33ClF3N3O6. The Hall–Kier alpha value is -4.84. The number of benzene rings is 3. The lowest BCUT2D eigenvalue weighted by Crippen LogP contribution is -2.51. The number of nitrogens with one attached hydrogen (secondary N) is 1. The van der Waals surface area contributed by atoms with Crippen molar-refractivity contribution >= 4 is 40.3 Å². The van der Waals surface area contributed by atoms with E-state index < -0.39 is 35.2 Å². The van der Waals surface area contributed by atoms with E-state index >= 15 is 0 Å². The molecule has 4 aromatic rings. The Balaban J connectivity index is 1.18. The SMILES string of the molecule is O=C(N[C@@H](Cc1ccc(Cl)cc1)C(=O)N1CCC(c2ccccc2CN2CCCC2=O)CC1)c1cc(=O)c2cc(OC(F)(F)F)ccc2o1. The summed E-state index contributed by atoms with van der Waals surface area (Å²) in [6, 6.07) is 17.8. The molecule has 0 radical (unpaired) electrons. The molecule has 2 saturated heterocycles. The number of carbonyl (C=O) groups is 3. The molecule has 3 aromatic carbocycles. The van der Waals surface area contributed by atoms with Gasteiger partial charge in [-0.3, -0.25) is 19.2 Å². The monoisotopic (exact) mass is 695 g/mol. The first-order valence-electron chi connectivity index (χ1n) is 16.0. The molecule has 1 atom stereocenters. The van der Waals surface area contributed by atoms with Gasteiger partial charge in [0.15, 0.2) is 11.2 Å².